The molecule has 1 aliphatic rings. The molecule has 5 nitrogen and oxygen atoms in total. The number of hydrogen-bond acceptors (Lipinski definition) is 6. The van der Waals surface area contributed by atoms with Crippen LogP contribution >= 0.6 is 33.9 Å². The molecule has 0 amide bonds. The van der Waals surface area contributed by atoms with Crippen molar-refractivity contribution < 1.29 is 13.2 Å². The van der Waals surface area contributed by atoms with Gasteiger partial charge in [-0.1, -0.05) is 0 Å². The van der Waals surface area contributed by atoms with Crippen LogP contribution < -0.4 is 4.74 Å². The topological polar surface area (TPSA) is 69.2 Å². The summed E-state index contributed by atoms with van der Waals surface area (Å²) in [5.74, 6) is 0.976. The number of nitrogens with zero attached hydrogens (tertiary/aromatic N) is 2. The van der Waals surface area contributed by atoms with Gasteiger partial charge in [0.2, 0.25) is 5.88 Å². The van der Waals surface area contributed by atoms with Crippen molar-refractivity contribution in [2.24, 2.45) is 0 Å². The van der Waals surface area contributed by atoms with Crippen molar-refractivity contribution >= 4 is 54.0 Å². The van der Waals surface area contributed by atoms with Crippen molar-refractivity contribution in [3.8, 4) is 5.88 Å². The molecule has 2 aromatic rings. The first kappa shape index (κ1) is 13.5. The smallest absolute Gasteiger partial charge is 0.235 e. The minimum Gasteiger partial charge on any atom is -0.473 e. The Bertz CT molecular complexity index is 700. The van der Waals surface area contributed by atoms with Crippen molar-refractivity contribution in [2.75, 3.05) is 11.5 Å². The Hall–Kier alpha value is -0.480. The van der Waals surface area contributed by atoms with E-state index < -0.39 is 9.84 Å². The van der Waals surface area contributed by atoms with Gasteiger partial charge in [-0.25, -0.2) is 18.4 Å². The van der Waals surface area contributed by atoms with Gasteiger partial charge >= 0.3 is 0 Å². The lowest BCUT2D eigenvalue weighted by atomic mass is 10.2. The molecule has 1 saturated heterocycles. The number of fused-ring (bicyclic) bond motifs is 1. The van der Waals surface area contributed by atoms with Gasteiger partial charge in [-0.3, -0.25) is 0 Å². The first-order valence-electron chi connectivity index (χ1n) is 5.81. The molecule has 8 heteroatoms. The number of hydrogen-bond donors (Lipinski definition) is 0. The van der Waals surface area contributed by atoms with Gasteiger partial charge < -0.3 is 4.74 Å². The van der Waals surface area contributed by atoms with E-state index in [1.165, 1.54) is 6.33 Å². The Kier molecular flexibility index (Phi) is 3.65. The summed E-state index contributed by atoms with van der Waals surface area (Å²) in [6.07, 6.45) is 2.49. The molecule has 0 aromatic carbocycles. The summed E-state index contributed by atoms with van der Waals surface area (Å²) in [6, 6.07) is 1.99. The summed E-state index contributed by atoms with van der Waals surface area (Å²) in [7, 11) is -2.86. The molecule has 0 spiro atoms. The molecule has 3 heterocycles. The van der Waals surface area contributed by atoms with Crippen LogP contribution in [0.2, 0.25) is 0 Å². The Morgan fingerprint density at radius 2 is 2.05 bits per heavy atom. The third-order valence-corrected chi connectivity index (χ3v) is 6.62. The molecule has 0 unspecified atom stereocenters. The molecule has 3 rings (SSSR count). The van der Waals surface area contributed by atoms with Gasteiger partial charge in [0.1, 0.15) is 17.1 Å². The molecular weight excluding hydrogens is 399 g/mol. The van der Waals surface area contributed by atoms with Crippen molar-refractivity contribution in [1.82, 2.24) is 9.97 Å². The predicted octanol–water partition coefficient (Wildman–Crippen LogP) is 2.25. The van der Waals surface area contributed by atoms with Crippen molar-refractivity contribution in [1.29, 1.82) is 0 Å². The molecule has 2 aromatic heterocycles. The first-order valence-corrected chi connectivity index (χ1v) is 9.52. The summed E-state index contributed by atoms with van der Waals surface area (Å²) in [6.45, 7) is 0. The average Bonchev–Trinajstić information content (AvgIpc) is 2.73. The SMILES string of the molecule is O=S1(=O)CCC(Oc2ncnc3cc(I)sc23)CC1. The van der Waals surface area contributed by atoms with E-state index in [9.17, 15) is 8.42 Å². The first-order chi connectivity index (χ1) is 9.03. The molecule has 1 aliphatic heterocycles. The Morgan fingerprint density at radius 1 is 1.32 bits per heavy atom. The Morgan fingerprint density at radius 3 is 2.79 bits per heavy atom. The monoisotopic (exact) mass is 410 g/mol. The van der Waals surface area contributed by atoms with E-state index in [0.717, 1.165) is 13.1 Å². The van der Waals surface area contributed by atoms with Gasteiger partial charge in [-0.2, -0.15) is 0 Å². The zero-order chi connectivity index (χ0) is 13.5. The van der Waals surface area contributed by atoms with Gasteiger partial charge in [-0.05, 0) is 41.5 Å². The van der Waals surface area contributed by atoms with Crippen LogP contribution in [0.1, 0.15) is 12.8 Å². The quantitative estimate of drug-likeness (QED) is 0.711. The third-order valence-electron chi connectivity index (χ3n) is 3.03. The van der Waals surface area contributed by atoms with E-state index >= 15 is 0 Å². The molecule has 0 radical (unpaired) electrons. The molecule has 0 atom stereocenters. The van der Waals surface area contributed by atoms with Gasteiger partial charge in [0.05, 0.1) is 19.9 Å². The van der Waals surface area contributed by atoms with E-state index in [0.29, 0.717) is 18.7 Å². The summed E-state index contributed by atoms with van der Waals surface area (Å²) in [5.41, 5.74) is 0.878. The lowest BCUT2D eigenvalue weighted by Crippen LogP contribution is -2.30. The van der Waals surface area contributed by atoms with Crippen LogP contribution in [-0.2, 0) is 9.84 Å². The molecular formula is C11H11IN2O3S2. The van der Waals surface area contributed by atoms with E-state index in [1.54, 1.807) is 11.3 Å². The minimum absolute atomic E-state index is 0.0682. The van der Waals surface area contributed by atoms with Crippen molar-refractivity contribution in [3.63, 3.8) is 0 Å². The van der Waals surface area contributed by atoms with Crippen LogP contribution in [0.25, 0.3) is 10.2 Å². The molecule has 19 heavy (non-hydrogen) atoms. The molecule has 0 aliphatic carbocycles. The van der Waals surface area contributed by atoms with E-state index in [-0.39, 0.29) is 17.6 Å². The molecule has 102 valence electrons. The number of sulfone groups is 1. The highest BCUT2D eigenvalue weighted by atomic mass is 127. The molecule has 0 bridgehead atoms. The van der Waals surface area contributed by atoms with Gasteiger partial charge in [0.25, 0.3) is 0 Å². The summed E-state index contributed by atoms with van der Waals surface area (Å²) in [4.78, 5) is 8.37. The van der Waals surface area contributed by atoms with Gasteiger partial charge in [-0.15, -0.1) is 11.3 Å². The van der Waals surface area contributed by atoms with E-state index in [4.69, 9.17) is 4.74 Å². The van der Waals surface area contributed by atoms with Crippen LogP contribution in [0, 0.1) is 2.88 Å². The predicted molar refractivity (Wildman–Crippen MR) is 82.4 cm³/mol. The molecule has 0 saturated carbocycles. The fourth-order valence-electron chi connectivity index (χ4n) is 2.03. The maximum Gasteiger partial charge on any atom is 0.235 e. The van der Waals surface area contributed by atoms with Crippen molar-refractivity contribution in [3.05, 3.63) is 15.3 Å². The molecule has 0 N–H and O–H groups in total. The summed E-state index contributed by atoms with van der Waals surface area (Å²) in [5, 5.41) is 0. The highest BCUT2D eigenvalue weighted by Gasteiger charge is 2.25. The standard InChI is InChI=1S/C11H11IN2O3S2/c12-9-5-8-10(18-9)11(14-6-13-8)17-7-1-3-19(15,16)4-2-7/h5-7H,1-4H2. The maximum atomic E-state index is 11.4. The van der Waals surface area contributed by atoms with Crippen LogP contribution in [0.5, 0.6) is 5.88 Å². The largest absolute Gasteiger partial charge is 0.473 e. The number of aromatic nitrogens is 2. The number of ether oxygens (including phenoxy) is 1. The number of thiophene rings is 1. The summed E-state index contributed by atoms with van der Waals surface area (Å²) < 4.78 is 30.7. The Balaban J connectivity index is 1.82. The maximum absolute atomic E-state index is 11.4. The summed E-state index contributed by atoms with van der Waals surface area (Å²) >= 11 is 3.83. The second-order valence-electron chi connectivity index (χ2n) is 4.41. The van der Waals surface area contributed by atoms with Crippen LogP contribution in [0.4, 0.5) is 0 Å². The van der Waals surface area contributed by atoms with Crippen LogP contribution in [0.3, 0.4) is 0 Å². The lowest BCUT2D eigenvalue weighted by molar-refractivity contribution is 0.185. The highest BCUT2D eigenvalue weighted by molar-refractivity contribution is 14.1. The number of halogens is 1. The van der Waals surface area contributed by atoms with Crippen molar-refractivity contribution in [2.45, 2.75) is 18.9 Å². The fraction of sp³-hybridized carbons (Fsp3) is 0.455. The van der Waals surface area contributed by atoms with E-state index in [2.05, 4.69) is 32.6 Å². The zero-order valence-electron chi connectivity index (χ0n) is 9.87. The average molecular weight is 410 g/mol. The zero-order valence-corrected chi connectivity index (χ0v) is 13.7. The van der Waals surface area contributed by atoms with Crippen LogP contribution in [0.15, 0.2) is 12.4 Å². The highest BCUT2D eigenvalue weighted by Crippen LogP contribution is 2.32. The van der Waals surface area contributed by atoms with Gasteiger partial charge in [0.15, 0.2) is 9.84 Å². The second-order valence-corrected chi connectivity index (χ2v) is 9.66. The number of rotatable bonds is 2. The second kappa shape index (κ2) is 5.13. The fourth-order valence-corrected chi connectivity index (χ4v) is 5.21. The Labute approximate surface area is 128 Å². The molecule has 1 fully saturated rings. The van der Waals surface area contributed by atoms with Gasteiger partial charge in [0, 0.05) is 0 Å². The minimum atomic E-state index is -2.86. The lowest BCUT2D eigenvalue weighted by Gasteiger charge is -2.22. The normalized spacial score (nSPS) is 19.6. The van der Waals surface area contributed by atoms with E-state index in [1.807, 2.05) is 6.07 Å². The third kappa shape index (κ3) is 3.00. The van der Waals surface area contributed by atoms with Crippen LogP contribution in [-0.4, -0.2) is 36.0 Å².